The number of nitrogens with zero attached hydrogens (tertiary/aromatic N) is 1. The lowest BCUT2D eigenvalue weighted by Gasteiger charge is -2.12. The summed E-state index contributed by atoms with van der Waals surface area (Å²) in [5, 5.41) is 10.7. The van der Waals surface area contributed by atoms with Gasteiger partial charge in [-0.2, -0.15) is 0 Å². The SMILES string of the molecule is O=[N+]([O-])c1ccccc1COCOC(CCl)CCl. The maximum absolute atomic E-state index is 10.7. The summed E-state index contributed by atoms with van der Waals surface area (Å²) in [6, 6.07) is 6.39. The Balaban J connectivity index is 2.42. The molecular formula is C11H13Cl2NO4. The fraction of sp³-hybridized carbons (Fsp3) is 0.455. The number of nitro groups is 1. The molecule has 0 aliphatic rings. The lowest BCUT2D eigenvalue weighted by atomic mass is 10.2. The van der Waals surface area contributed by atoms with Gasteiger partial charge >= 0.3 is 0 Å². The normalized spacial score (nSPS) is 10.8. The molecule has 1 aromatic carbocycles. The highest BCUT2D eigenvalue weighted by Gasteiger charge is 2.12. The number of halogens is 2. The molecule has 0 saturated heterocycles. The van der Waals surface area contributed by atoms with Crippen LogP contribution in [-0.2, 0) is 16.1 Å². The van der Waals surface area contributed by atoms with E-state index in [4.69, 9.17) is 32.7 Å². The fourth-order valence-electron chi connectivity index (χ4n) is 1.24. The van der Waals surface area contributed by atoms with E-state index in [2.05, 4.69) is 0 Å². The topological polar surface area (TPSA) is 61.6 Å². The Hall–Kier alpha value is -0.880. The molecule has 100 valence electrons. The molecular weight excluding hydrogens is 281 g/mol. The zero-order valence-corrected chi connectivity index (χ0v) is 11.1. The summed E-state index contributed by atoms with van der Waals surface area (Å²) >= 11 is 11.2. The highest BCUT2D eigenvalue weighted by Crippen LogP contribution is 2.18. The second kappa shape index (κ2) is 8.26. The molecule has 0 aromatic heterocycles. The fourth-order valence-corrected chi connectivity index (χ4v) is 1.75. The number of ether oxygens (including phenoxy) is 2. The van der Waals surface area contributed by atoms with Crippen molar-refractivity contribution in [1.82, 2.24) is 0 Å². The second-order valence-corrected chi connectivity index (χ2v) is 4.07. The lowest BCUT2D eigenvalue weighted by Crippen LogP contribution is -2.18. The van der Waals surface area contributed by atoms with E-state index in [9.17, 15) is 10.1 Å². The monoisotopic (exact) mass is 293 g/mol. The molecule has 0 heterocycles. The highest BCUT2D eigenvalue weighted by atomic mass is 35.5. The third-order valence-electron chi connectivity index (χ3n) is 2.18. The van der Waals surface area contributed by atoms with Crippen molar-refractivity contribution in [1.29, 1.82) is 0 Å². The molecule has 18 heavy (non-hydrogen) atoms. The molecule has 0 fully saturated rings. The Kier molecular flexibility index (Phi) is 6.97. The number of para-hydroxylation sites is 1. The second-order valence-electron chi connectivity index (χ2n) is 3.45. The van der Waals surface area contributed by atoms with Crippen LogP contribution in [0.2, 0.25) is 0 Å². The van der Waals surface area contributed by atoms with Crippen molar-refractivity contribution in [2.24, 2.45) is 0 Å². The third kappa shape index (κ3) is 4.78. The number of rotatable bonds is 8. The average Bonchev–Trinajstić information content (AvgIpc) is 2.39. The zero-order chi connectivity index (χ0) is 13.4. The first-order valence-electron chi connectivity index (χ1n) is 5.22. The van der Waals surface area contributed by atoms with Crippen LogP contribution in [-0.4, -0.2) is 29.6 Å². The molecule has 1 aromatic rings. The van der Waals surface area contributed by atoms with Crippen LogP contribution in [0.3, 0.4) is 0 Å². The Labute approximate surface area is 115 Å². The maximum atomic E-state index is 10.7. The minimum atomic E-state index is -0.445. The molecule has 0 spiro atoms. The van der Waals surface area contributed by atoms with E-state index in [1.165, 1.54) is 6.07 Å². The van der Waals surface area contributed by atoms with Crippen molar-refractivity contribution < 1.29 is 14.4 Å². The summed E-state index contributed by atoms with van der Waals surface area (Å²) in [6.45, 7) is 0.102. The van der Waals surface area contributed by atoms with Crippen LogP contribution >= 0.6 is 23.2 Å². The summed E-state index contributed by atoms with van der Waals surface area (Å²) in [7, 11) is 0. The van der Waals surface area contributed by atoms with Crippen molar-refractivity contribution in [2.45, 2.75) is 12.7 Å². The minimum Gasteiger partial charge on any atom is -0.350 e. The van der Waals surface area contributed by atoms with Crippen LogP contribution in [0, 0.1) is 10.1 Å². The molecule has 0 aliphatic heterocycles. The number of hydrogen-bond donors (Lipinski definition) is 0. The predicted molar refractivity (Wildman–Crippen MR) is 69.1 cm³/mol. The van der Waals surface area contributed by atoms with Gasteiger partial charge in [-0.1, -0.05) is 12.1 Å². The molecule has 0 atom stereocenters. The molecule has 0 unspecified atom stereocenters. The first-order chi connectivity index (χ1) is 8.69. The van der Waals surface area contributed by atoms with Gasteiger partial charge in [0.1, 0.15) is 6.79 Å². The number of benzene rings is 1. The third-order valence-corrected chi connectivity index (χ3v) is 2.87. The largest absolute Gasteiger partial charge is 0.350 e. The molecule has 1 rings (SSSR count). The van der Waals surface area contributed by atoms with E-state index in [1.807, 2.05) is 0 Å². The average molecular weight is 294 g/mol. The van der Waals surface area contributed by atoms with Crippen molar-refractivity contribution in [2.75, 3.05) is 18.6 Å². The standard InChI is InChI=1S/C11H13Cl2NO4/c12-5-10(6-13)18-8-17-7-9-3-1-2-4-11(9)14(15)16/h1-4,10H,5-8H2. The molecule has 0 saturated carbocycles. The summed E-state index contributed by atoms with van der Waals surface area (Å²) in [5.41, 5.74) is 0.531. The van der Waals surface area contributed by atoms with E-state index >= 15 is 0 Å². The zero-order valence-electron chi connectivity index (χ0n) is 9.55. The van der Waals surface area contributed by atoms with Gasteiger partial charge in [-0.25, -0.2) is 0 Å². The van der Waals surface area contributed by atoms with Crippen LogP contribution in [0.1, 0.15) is 5.56 Å². The Morgan fingerprint density at radius 1 is 1.28 bits per heavy atom. The van der Waals surface area contributed by atoms with E-state index in [-0.39, 0.29) is 37.0 Å². The molecule has 0 N–H and O–H groups in total. The van der Waals surface area contributed by atoms with Crippen LogP contribution in [0.4, 0.5) is 5.69 Å². The van der Waals surface area contributed by atoms with Gasteiger partial charge in [0, 0.05) is 17.8 Å². The number of nitro benzene ring substituents is 1. The maximum Gasteiger partial charge on any atom is 0.274 e. The summed E-state index contributed by atoms with van der Waals surface area (Å²) < 4.78 is 10.4. The Morgan fingerprint density at radius 3 is 2.56 bits per heavy atom. The van der Waals surface area contributed by atoms with Crippen LogP contribution < -0.4 is 0 Å². The molecule has 0 radical (unpaired) electrons. The number of alkyl halides is 2. The first kappa shape index (κ1) is 15.2. The van der Waals surface area contributed by atoms with Crippen molar-refractivity contribution in [3.63, 3.8) is 0 Å². The first-order valence-corrected chi connectivity index (χ1v) is 6.29. The molecule has 0 bridgehead atoms. The van der Waals surface area contributed by atoms with E-state index < -0.39 is 4.92 Å². The summed E-state index contributed by atoms with van der Waals surface area (Å²) in [5.74, 6) is 0.552. The van der Waals surface area contributed by atoms with Crippen LogP contribution in [0.5, 0.6) is 0 Å². The lowest BCUT2D eigenvalue weighted by molar-refractivity contribution is -0.386. The summed E-state index contributed by atoms with van der Waals surface area (Å²) in [4.78, 5) is 10.3. The quantitative estimate of drug-likeness (QED) is 0.243. The summed E-state index contributed by atoms with van der Waals surface area (Å²) in [6.07, 6.45) is -0.279. The van der Waals surface area contributed by atoms with Crippen LogP contribution in [0.15, 0.2) is 24.3 Å². The Bertz CT molecular complexity index is 385. The van der Waals surface area contributed by atoms with Crippen molar-refractivity contribution >= 4 is 28.9 Å². The Morgan fingerprint density at radius 2 is 1.94 bits per heavy atom. The van der Waals surface area contributed by atoms with Gasteiger partial charge in [0.15, 0.2) is 0 Å². The molecule has 0 aliphatic carbocycles. The predicted octanol–water partition coefficient (Wildman–Crippen LogP) is 2.93. The minimum absolute atomic E-state index is 0.00381. The van der Waals surface area contributed by atoms with Gasteiger partial charge in [-0.05, 0) is 6.07 Å². The van der Waals surface area contributed by atoms with Crippen molar-refractivity contribution in [3.8, 4) is 0 Å². The molecule has 7 heteroatoms. The van der Waals surface area contributed by atoms with E-state index in [1.54, 1.807) is 18.2 Å². The van der Waals surface area contributed by atoms with Gasteiger partial charge in [0.2, 0.25) is 0 Å². The molecule has 5 nitrogen and oxygen atoms in total. The smallest absolute Gasteiger partial charge is 0.274 e. The van der Waals surface area contributed by atoms with Gasteiger partial charge < -0.3 is 9.47 Å². The number of hydrogen-bond acceptors (Lipinski definition) is 4. The van der Waals surface area contributed by atoms with Crippen molar-refractivity contribution in [3.05, 3.63) is 39.9 Å². The highest BCUT2D eigenvalue weighted by molar-refractivity contribution is 6.21. The van der Waals surface area contributed by atoms with E-state index in [0.29, 0.717) is 5.56 Å². The van der Waals surface area contributed by atoms with Crippen LogP contribution in [0.25, 0.3) is 0 Å². The van der Waals surface area contributed by atoms with Gasteiger partial charge in [0.05, 0.1) is 23.2 Å². The van der Waals surface area contributed by atoms with Gasteiger partial charge in [-0.3, -0.25) is 10.1 Å². The van der Waals surface area contributed by atoms with Gasteiger partial charge in [0.25, 0.3) is 5.69 Å². The molecule has 0 amide bonds. The van der Waals surface area contributed by atoms with Gasteiger partial charge in [-0.15, -0.1) is 23.2 Å². The van der Waals surface area contributed by atoms with E-state index in [0.717, 1.165) is 0 Å².